The molecule has 2 aliphatic carbocycles. The van der Waals surface area contributed by atoms with E-state index in [0.717, 1.165) is 77.0 Å². The molecule has 2 saturated carbocycles. The summed E-state index contributed by atoms with van der Waals surface area (Å²) in [6.07, 6.45) is 24.9. The minimum absolute atomic E-state index is 0.499. The summed E-state index contributed by atoms with van der Waals surface area (Å²) in [7, 11) is 0. The van der Waals surface area contributed by atoms with Crippen molar-refractivity contribution in [3.8, 4) is 0 Å². The van der Waals surface area contributed by atoms with E-state index in [2.05, 4.69) is 31.9 Å². The van der Waals surface area contributed by atoms with Crippen LogP contribution in [0.3, 0.4) is 0 Å². The first-order valence-electron chi connectivity index (χ1n) is 16.8. The Morgan fingerprint density at radius 2 is 0.769 bits per heavy atom. The van der Waals surface area contributed by atoms with Crippen LogP contribution < -0.4 is 31.9 Å². The summed E-state index contributed by atoms with van der Waals surface area (Å²) in [6, 6.07) is 0. The smallest absolute Gasteiger partial charge is 0.188 e. The van der Waals surface area contributed by atoms with Gasteiger partial charge in [0, 0.05) is 26.2 Å². The van der Waals surface area contributed by atoms with E-state index in [1.54, 1.807) is 0 Å². The van der Waals surface area contributed by atoms with Crippen molar-refractivity contribution in [2.75, 3.05) is 52.4 Å². The number of rotatable bonds is 20. The molecule has 0 saturated heterocycles. The summed E-state index contributed by atoms with van der Waals surface area (Å²) in [6.45, 7) is 7.92. The van der Waals surface area contributed by atoms with Crippen molar-refractivity contribution in [2.45, 2.75) is 122 Å². The maximum atomic E-state index is 8.05. The van der Waals surface area contributed by atoms with E-state index >= 15 is 0 Å². The second kappa shape index (κ2) is 24.3. The van der Waals surface area contributed by atoms with Gasteiger partial charge in [-0.25, -0.2) is 0 Å². The average molecular weight is 549 g/mol. The van der Waals surface area contributed by atoms with Crippen LogP contribution in [0.1, 0.15) is 122 Å². The molecule has 8 nitrogen and oxygen atoms in total. The quantitative estimate of drug-likeness (QED) is 0.0466. The molecule has 0 spiro atoms. The second-order valence-electron chi connectivity index (χ2n) is 12.1. The molecular weight excluding hydrogens is 484 g/mol. The summed E-state index contributed by atoms with van der Waals surface area (Å²) in [5.41, 5.74) is 0. The zero-order valence-corrected chi connectivity index (χ0v) is 25.2. The average Bonchev–Trinajstić information content (AvgIpc) is 3.38. The van der Waals surface area contributed by atoms with E-state index in [1.165, 1.54) is 109 Å². The van der Waals surface area contributed by atoms with Crippen molar-refractivity contribution in [3.05, 3.63) is 0 Å². The Morgan fingerprint density at radius 1 is 0.410 bits per heavy atom. The Kier molecular flexibility index (Phi) is 21.0. The first-order chi connectivity index (χ1) is 19.2. The molecule has 2 rings (SSSR count). The van der Waals surface area contributed by atoms with Gasteiger partial charge in [-0.05, 0) is 89.4 Å². The molecule has 2 fully saturated rings. The molecule has 0 bridgehead atoms. The summed E-state index contributed by atoms with van der Waals surface area (Å²) >= 11 is 0. The minimum atomic E-state index is 0.499. The fourth-order valence-corrected chi connectivity index (χ4v) is 5.89. The molecule has 8 heteroatoms. The van der Waals surface area contributed by atoms with Crippen molar-refractivity contribution < 1.29 is 0 Å². The van der Waals surface area contributed by atoms with Crippen molar-refractivity contribution >= 4 is 11.9 Å². The van der Waals surface area contributed by atoms with Crippen molar-refractivity contribution in [1.29, 1.82) is 10.8 Å². The number of guanidine groups is 2. The number of unbranched alkanes of at least 4 members (excludes halogenated alkanes) is 4. The van der Waals surface area contributed by atoms with E-state index in [9.17, 15) is 0 Å². The van der Waals surface area contributed by atoms with Gasteiger partial charge in [0.1, 0.15) is 0 Å². The van der Waals surface area contributed by atoms with Crippen LogP contribution in [0.2, 0.25) is 0 Å². The largest absolute Gasteiger partial charge is 0.357 e. The van der Waals surface area contributed by atoms with Gasteiger partial charge in [0.2, 0.25) is 0 Å². The van der Waals surface area contributed by atoms with E-state index in [1.807, 2.05) is 0 Å². The van der Waals surface area contributed by atoms with Gasteiger partial charge in [-0.3, -0.25) is 10.8 Å². The third kappa shape index (κ3) is 20.1. The first kappa shape index (κ1) is 33.7. The lowest BCUT2D eigenvalue weighted by Crippen LogP contribution is -2.39. The zero-order chi connectivity index (χ0) is 27.6. The SMILES string of the molecule is N=C(NCCCNCCCCCCCNCCCNC(=N)NCC1CCCCCC1)NCC1CCCCCC1. The third-order valence-corrected chi connectivity index (χ3v) is 8.46. The van der Waals surface area contributed by atoms with Gasteiger partial charge in [0.05, 0.1) is 0 Å². The molecule has 0 aromatic carbocycles. The molecule has 0 aliphatic heterocycles. The fraction of sp³-hybridized carbons (Fsp3) is 0.935. The molecule has 228 valence electrons. The minimum Gasteiger partial charge on any atom is -0.357 e. The molecule has 0 unspecified atom stereocenters. The van der Waals surface area contributed by atoms with Crippen molar-refractivity contribution in [2.24, 2.45) is 11.8 Å². The van der Waals surface area contributed by atoms with Gasteiger partial charge in [0.15, 0.2) is 11.9 Å². The third-order valence-electron chi connectivity index (χ3n) is 8.46. The summed E-state index contributed by atoms with van der Waals surface area (Å²) in [5, 5.41) is 36.2. The van der Waals surface area contributed by atoms with Gasteiger partial charge in [0.25, 0.3) is 0 Å². The van der Waals surface area contributed by atoms with Crippen LogP contribution in [0.5, 0.6) is 0 Å². The molecule has 2 aliphatic rings. The Bertz CT molecular complexity index is 533. The van der Waals surface area contributed by atoms with Crippen molar-refractivity contribution in [1.82, 2.24) is 31.9 Å². The lowest BCUT2D eigenvalue weighted by Gasteiger charge is -2.17. The predicted octanol–water partition coefficient (Wildman–Crippen LogP) is 5.07. The van der Waals surface area contributed by atoms with Gasteiger partial charge in [-0.15, -0.1) is 0 Å². The standard InChI is InChI=1S/C31H64N8/c32-30(38-26-28-16-8-2-3-9-17-28)36-24-14-22-34-20-12-6-1-7-13-21-35-23-15-25-37-31(33)39-27-29-18-10-4-5-11-19-29/h28-29,34-35H,1-27H2,(H3,32,36,38)(H3,33,37,39). The maximum absolute atomic E-state index is 8.05. The van der Waals surface area contributed by atoms with Gasteiger partial charge in [-0.1, -0.05) is 70.6 Å². The first-order valence-corrected chi connectivity index (χ1v) is 16.8. The van der Waals surface area contributed by atoms with E-state index < -0.39 is 0 Å². The van der Waals surface area contributed by atoms with Gasteiger partial charge < -0.3 is 31.9 Å². The van der Waals surface area contributed by atoms with Crippen LogP contribution in [0.25, 0.3) is 0 Å². The van der Waals surface area contributed by atoms with E-state index in [-0.39, 0.29) is 0 Å². The molecule has 8 N–H and O–H groups in total. The monoisotopic (exact) mass is 549 g/mol. The van der Waals surface area contributed by atoms with Crippen LogP contribution in [0.15, 0.2) is 0 Å². The molecular formula is C31H64N8. The van der Waals surface area contributed by atoms with Crippen LogP contribution in [0.4, 0.5) is 0 Å². The van der Waals surface area contributed by atoms with Crippen molar-refractivity contribution in [3.63, 3.8) is 0 Å². The maximum Gasteiger partial charge on any atom is 0.188 e. The summed E-state index contributed by atoms with van der Waals surface area (Å²) < 4.78 is 0. The van der Waals surface area contributed by atoms with Gasteiger partial charge in [-0.2, -0.15) is 0 Å². The molecule has 0 radical (unpaired) electrons. The molecule has 0 aromatic rings. The Morgan fingerprint density at radius 3 is 1.18 bits per heavy atom. The zero-order valence-electron chi connectivity index (χ0n) is 25.2. The van der Waals surface area contributed by atoms with E-state index in [0.29, 0.717) is 11.9 Å². The van der Waals surface area contributed by atoms with Gasteiger partial charge >= 0.3 is 0 Å². The Labute approximate surface area is 240 Å². The summed E-state index contributed by atoms with van der Waals surface area (Å²) in [5.74, 6) is 2.51. The lowest BCUT2D eigenvalue weighted by atomic mass is 10.0. The fourth-order valence-electron chi connectivity index (χ4n) is 5.89. The lowest BCUT2D eigenvalue weighted by molar-refractivity contribution is 0.451. The molecule has 0 amide bonds. The predicted molar refractivity (Wildman–Crippen MR) is 168 cm³/mol. The Balaban J connectivity index is 1.23. The highest BCUT2D eigenvalue weighted by atomic mass is 15.1. The van der Waals surface area contributed by atoms with Crippen LogP contribution in [-0.2, 0) is 0 Å². The molecule has 0 heterocycles. The number of nitrogens with one attached hydrogen (secondary N) is 8. The summed E-state index contributed by atoms with van der Waals surface area (Å²) in [4.78, 5) is 0. The van der Waals surface area contributed by atoms with Crippen LogP contribution in [-0.4, -0.2) is 64.3 Å². The number of hydrogen-bond acceptors (Lipinski definition) is 4. The highest BCUT2D eigenvalue weighted by Crippen LogP contribution is 2.22. The van der Waals surface area contributed by atoms with E-state index in [4.69, 9.17) is 10.8 Å². The topological polar surface area (TPSA) is 120 Å². The highest BCUT2D eigenvalue weighted by Gasteiger charge is 2.13. The normalized spacial score (nSPS) is 17.2. The number of hydrogen-bond donors (Lipinski definition) is 8. The Hall–Kier alpha value is -1.54. The second-order valence-corrected chi connectivity index (χ2v) is 12.1. The molecule has 39 heavy (non-hydrogen) atoms. The molecule has 0 atom stereocenters. The van der Waals surface area contributed by atoms with Crippen LogP contribution >= 0.6 is 0 Å². The molecule has 0 aromatic heterocycles. The van der Waals surface area contributed by atoms with Crippen LogP contribution in [0, 0.1) is 22.7 Å². The highest BCUT2D eigenvalue weighted by molar-refractivity contribution is 5.76.